The molecule has 0 aromatic rings. The molecule has 2 N–H and O–H groups in total. The highest BCUT2D eigenvalue weighted by Crippen LogP contribution is 2.40. The molecule has 2 rings (SSSR count). The Hall–Kier alpha value is -0.570. The predicted octanol–water partition coefficient (Wildman–Crippen LogP) is -0.179. The maximum absolute atomic E-state index is 10.3. The van der Waals surface area contributed by atoms with Crippen molar-refractivity contribution < 1.29 is 9.90 Å². The zero-order valence-electron chi connectivity index (χ0n) is 5.00. The van der Waals surface area contributed by atoms with Crippen molar-refractivity contribution in [3.63, 3.8) is 0 Å². The van der Waals surface area contributed by atoms with Gasteiger partial charge in [0.25, 0.3) is 0 Å². The quantitative estimate of drug-likeness (QED) is 0.513. The van der Waals surface area contributed by atoms with E-state index in [9.17, 15) is 4.79 Å². The first-order valence-electron chi connectivity index (χ1n) is 3.26. The fourth-order valence-electron chi connectivity index (χ4n) is 1.51. The third kappa shape index (κ3) is 0.721. The van der Waals surface area contributed by atoms with Crippen molar-refractivity contribution >= 4 is 5.97 Å². The van der Waals surface area contributed by atoms with Crippen LogP contribution in [-0.2, 0) is 4.79 Å². The Morgan fingerprint density at radius 1 is 1.56 bits per heavy atom. The molecule has 0 radical (unpaired) electrons. The molecule has 0 aromatic carbocycles. The molecule has 0 aromatic heterocycles. The average Bonchev–Trinajstić information content (AvgIpc) is 2.40. The third-order valence-corrected chi connectivity index (χ3v) is 2.17. The number of nitrogens with one attached hydrogen (secondary N) is 1. The van der Waals surface area contributed by atoms with Crippen molar-refractivity contribution in [2.45, 2.75) is 24.9 Å². The minimum Gasteiger partial charge on any atom is -0.480 e. The molecule has 9 heavy (non-hydrogen) atoms. The molecule has 1 heterocycles. The Balaban J connectivity index is 1.97. The van der Waals surface area contributed by atoms with Crippen LogP contribution in [-0.4, -0.2) is 23.2 Å². The molecule has 0 bridgehead atoms. The first-order valence-corrected chi connectivity index (χ1v) is 3.26. The van der Waals surface area contributed by atoms with E-state index in [1.807, 2.05) is 0 Å². The van der Waals surface area contributed by atoms with Gasteiger partial charge in [0.2, 0.25) is 0 Å². The largest absolute Gasteiger partial charge is 0.480 e. The second kappa shape index (κ2) is 1.48. The molecule has 2 fully saturated rings. The van der Waals surface area contributed by atoms with Gasteiger partial charge in [-0.15, -0.1) is 0 Å². The van der Waals surface area contributed by atoms with E-state index < -0.39 is 5.97 Å². The number of aliphatic carboxylic acids is 1. The highest BCUT2D eigenvalue weighted by atomic mass is 16.4. The molecule has 1 unspecified atom stereocenters. The summed E-state index contributed by atoms with van der Waals surface area (Å²) in [5, 5.41) is 11.5. The second-order valence-electron chi connectivity index (χ2n) is 2.90. The Labute approximate surface area is 53.1 Å². The number of carbonyl (C=O) groups is 1. The van der Waals surface area contributed by atoms with Crippen LogP contribution >= 0.6 is 0 Å². The molecule has 2 aliphatic rings. The van der Waals surface area contributed by atoms with Crippen molar-refractivity contribution in [1.29, 1.82) is 0 Å². The van der Waals surface area contributed by atoms with Gasteiger partial charge in [-0.2, -0.15) is 0 Å². The number of piperidine rings is 1. The molecule has 50 valence electrons. The monoisotopic (exact) mass is 127 g/mol. The number of hydrogen-bond donors (Lipinski definition) is 2. The maximum atomic E-state index is 10.3. The lowest BCUT2D eigenvalue weighted by atomic mass is 10.2. The van der Waals surface area contributed by atoms with Gasteiger partial charge in [-0.25, -0.2) is 0 Å². The van der Waals surface area contributed by atoms with Crippen molar-refractivity contribution in [3.8, 4) is 0 Å². The van der Waals surface area contributed by atoms with Gasteiger partial charge >= 0.3 is 5.97 Å². The standard InChI is InChI=1S/C6H9NO2/c8-6(9)5-2-3-1-4(3)7-5/h3-5,7H,1-2H2,(H,8,9)/t3-,4+,5?/m1/s1. The van der Waals surface area contributed by atoms with Gasteiger partial charge in [-0.3, -0.25) is 4.79 Å². The molecular formula is C6H9NO2. The molecule has 1 saturated heterocycles. The fraction of sp³-hybridized carbons (Fsp3) is 0.833. The summed E-state index contributed by atoms with van der Waals surface area (Å²) in [6.45, 7) is 0. The Morgan fingerprint density at radius 2 is 2.33 bits per heavy atom. The number of fused-ring (bicyclic) bond motifs is 1. The van der Waals surface area contributed by atoms with E-state index in [2.05, 4.69) is 5.32 Å². The van der Waals surface area contributed by atoms with Gasteiger partial charge in [0.15, 0.2) is 0 Å². The van der Waals surface area contributed by atoms with E-state index >= 15 is 0 Å². The maximum Gasteiger partial charge on any atom is 0.320 e. The van der Waals surface area contributed by atoms with E-state index in [1.165, 1.54) is 6.42 Å². The SMILES string of the molecule is O=C(O)C1C[C@H]2C[C@@H]2N1. The predicted molar refractivity (Wildman–Crippen MR) is 31.1 cm³/mol. The van der Waals surface area contributed by atoms with Crippen molar-refractivity contribution in [2.24, 2.45) is 5.92 Å². The number of hydrogen-bond acceptors (Lipinski definition) is 2. The summed E-state index contributed by atoms with van der Waals surface area (Å²) in [5.74, 6) is -0.00620. The molecule has 3 heteroatoms. The highest BCUT2D eigenvalue weighted by Gasteiger charge is 2.47. The number of carboxylic acids is 1. The van der Waals surface area contributed by atoms with Gasteiger partial charge in [0.05, 0.1) is 0 Å². The topological polar surface area (TPSA) is 49.3 Å². The molecule has 1 saturated carbocycles. The number of rotatable bonds is 1. The summed E-state index contributed by atoms with van der Waals surface area (Å²) in [5.41, 5.74) is 0. The van der Waals surface area contributed by atoms with Gasteiger partial charge in [0, 0.05) is 6.04 Å². The molecule has 3 nitrogen and oxygen atoms in total. The zero-order valence-corrected chi connectivity index (χ0v) is 5.00. The van der Waals surface area contributed by atoms with E-state index in [4.69, 9.17) is 5.11 Å². The zero-order chi connectivity index (χ0) is 6.43. The van der Waals surface area contributed by atoms with E-state index in [0.29, 0.717) is 12.0 Å². The van der Waals surface area contributed by atoms with Gasteiger partial charge in [0.1, 0.15) is 6.04 Å². The normalized spacial score (nSPS) is 46.4. The van der Waals surface area contributed by atoms with Crippen LogP contribution in [0.25, 0.3) is 0 Å². The summed E-state index contributed by atoms with van der Waals surface area (Å²) in [6, 6.07) is 0.305. The van der Waals surface area contributed by atoms with Crippen molar-refractivity contribution in [1.82, 2.24) is 5.32 Å². The molecule has 1 aliphatic carbocycles. The average molecular weight is 127 g/mol. The van der Waals surface area contributed by atoms with Crippen LogP contribution in [0.4, 0.5) is 0 Å². The van der Waals surface area contributed by atoms with Gasteiger partial charge in [-0.05, 0) is 18.8 Å². The minimum absolute atomic E-state index is 0.242. The summed E-state index contributed by atoms with van der Waals surface area (Å²) in [6.07, 6.45) is 2.05. The molecule has 3 atom stereocenters. The van der Waals surface area contributed by atoms with Crippen LogP contribution in [0, 0.1) is 5.92 Å². The highest BCUT2D eigenvalue weighted by molar-refractivity contribution is 5.74. The van der Waals surface area contributed by atoms with Crippen LogP contribution in [0.3, 0.4) is 0 Å². The van der Waals surface area contributed by atoms with Crippen LogP contribution < -0.4 is 5.32 Å². The minimum atomic E-state index is -0.692. The Bertz CT molecular complexity index is 147. The third-order valence-electron chi connectivity index (χ3n) is 2.17. The van der Waals surface area contributed by atoms with E-state index in [0.717, 1.165) is 6.42 Å². The fourth-order valence-corrected chi connectivity index (χ4v) is 1.51. The van der Waals surface area contributed by atoms with Crippen molar-refractivity contribution in [3.05, 3.63) is 0 Å². The Morgan fingerprint density at radius 3 is 2.67 bits per heavy atom. The molecule has 0 spiro atoms. The second-order valence-corrected chi connectivity index (χ2v) is 2.90. The molecule has 0 amide bonds. The van der Waals surface area contributed by atoms with Crippen molar-refractivity contribution in [2.75, 3.05) is 0 Å². The van der Waals surface area contributed by atoms with Crippen LogP contribution in [0.1, 0.15) is 12.8 Å². The van der Waals surface area contributed by atoms with Crippen LogP contribution in [0.15, 0.2) is 0 Å². The van der Waals surface area contributed by atoms with Gasteiger partial charge < -0.3 is 10.4 Å². The lowest BCUT2D eigenvalue weighted by molar-refractivity contribution is -0.139. The van der Waals surface area contributed by atoms with Gasteiger partial charge in [-0.1, -0.05) is 0 Å². The summed E-state index contributed by atoms with van der Waals surface area (Å²) >= 11 is 0. The summed E-state index contributed by atoms with van der Waals surface area (Å²) in [7, 11) is 0. The number of carboxylic acid groups (broad SMARTS) is 1. The van der Waals surface area contributed by atoms with Crippen LogP contribution in [0.2, 0.25) is 0 Å². The van der Waals surface area contributed by atoms with E-state index in [-0.39, 0.29) is 6.04 Å². The smallest absolute Gasteiger partial charge is 0.320 e. The van der Waals surface area contributed by atoms with Crippen LogP contribution in [0.5, 0.6) is 0 Å². The first-order chi connectivity index (χ1) is 4.27. The molecule has 1 aliphatic heterocycles. The summed E-state index contributed by atoms with van der Waals surface area (Å²) < 4.78 is 0. The van der Waals surface area contributed by atoms with E-state index in [1.54, 1.807) is 0 Å². The lowest BCUT2D eigenvalue weighted by Crippen LogP contribution is -2.33. The Kier molecular flexibility index (Phi) is 0.858. The summed E-state index contributed by atoms with van der Waals surface area (Å²) in [4.78, 5) is 10.3. The molecular weight excluding hydrogens is 118 g/mol. The first kappa shape index (κ1) is 5.23. The lowest BCUT2D eigenvalue weighted by Gasteiger charge is -2.04.